The monoisotopic (exact) mass is 610 g/mol. The minimum atomic E-state index is -1.22. The van der Waals surface area contributed by atoms with Gasteiger partial charge in [-0.25, -0.2) is 28.8 Å². The lowest BCUT2D eigenvalue weighted by Gasteiger charge is -2.17. The molecule has 0 aliphatic heterocycles. The van der Waals surface area contributed by atoms with Crippen LogP contribution in [0.15, 0.2) is 66.8 Å². The number of carbonyl (C=O) groups is 6. The molecule has 0 amide bonds. The van der Waals surface area contributed by atoms with Gasteiger partial charge < -0.3 is 28.4 Å². The van der Waals surface area contributed by atoms with E-state index in [1.54, 1.807) is 43.3 Å². The lowest BCUT2D eigenvalue weighted by atomic mass is 9.97. The van der Waals surface area contributed by atoms with Gasteiger partial charge in [0, 0.05) is 17.1 Å². The number of carbonyl (C=O) groups excluding carboxylic acids is 6. The van der Waals surface area contributed by atoms with Crippen LogP contribution < -0.4 is 9.47 Å². The maximum Gasteiger partial charge on any atom is 0.417 e. The van der Waals surface area contributed by atoms with Gasteiger partial charge in [0.05, 0.1) is 27.4 Å². The van der Waals surface area contributed by atoms with Crippen molar-refractivity contribution >= 4 is 35.8 Å². The third-order valence-corrected chi connectivity index (χ3v) is 6.02. The van der Waals surface area contributed by atoms with Gasteiger partial charge in [-0.1, -0.05) is 31.4 Å². The molecule has 0 unspecified atom stereocenters. The molecule has 0 saturated carbocycles. The predicted molar refractivity (Wildman–Crippen MR) is 155 cm³/mol. The number of benzene rings is 2. The van der Waals surface area contributed by atoms with Crippen LogP contribution in [0.1, 0.15) is 32.3 Å². The van der Waals surface area contributed by atoms with E-state index in [1.807, 2.05) is 6.07 Å². The normalized spacial score (nSPS) is 10.3. The highest BCUT2D eigenvalue weighted by Crippen LogP contribution is 2.30. The predicted octanol–water partition coefficient (Wildman–Crippen LogP) is 3.69. The Morgan fingerprint density at radius 3 is 1.66 bits per heavy atom. The summed E-state index contributed by atoms with van der Waals surface area (Å²) < 4.78 is 29.4. The van der Waals surface area contributed by atoms with Crippen molar-refractivity contribution in [1.29, 1.82) is 0 Å². The van der Waals surface area contributed by atoms with E-state index < -0.39 is 41.7 Å². The standard InChI is InChI=1S/C32H34O12/c1-19(2)27(33)43-25-13-10-22(11-14-25)23-12-15-26(44-28(34)20(3)4)24(16-23)9-7-8-21(17-41-31(37)29(35)39-5)18-42-32(38)30(36)40-6/h10-16,21H,1,3,7-9,17-18H2,2,4-6H3. The number of ether oxygens (including phenoxy) is 6. The van der Waals surface area contributed by atoms with Crippen molar-refractivity contribution in [1.82, 2.24) is 0 Å². The first-order valence-corrected chi connectivity index (χ1v) is 13.3. The van der Waals surface area contributed by atoms with Crippen molar-refractivity contribution in [3.05, 3.63) is 72.3 Å². The Morgan fingerprint density at radius 2 is 1.16 bits per heavy atom. The van der Waals surface area contributed by atoms with Gasteiger partial charge in [0.15, 0.2) is 0 Å². The first-order chi connectivity index (χ1) is 20.9. The van der Waals surface area contributed by atoms with Gasteiger partial charge in [-0.3, -0.25) is 0 Å². The largest absolute Gasteiger partial charge is 0.461 e. The summed E-state index contributed by atoms with van der Waals surface area (Å²) in [5.74, 6) is -5.93. The molecule has 0 spiro atoms. The Balaban J connectivity index is 2.25. The van der Waals surface area contributed by atoms with Crippen LogP contribution >= 0.6 is 0 Å². The summed E-state index contributed by atoms with van der Waals surface area (Å²) in [6.07, 6.45) is 1.10. The van der Waals surface area contributed by atoms with Crippen LogP contribution in [0.3, 0.4) is 0 Å². The van der Waals surface area contributed by atoms with E-state index in [9.17, 15) is 28.8 Å². The van der Waals surface area contributed by atoms with Crippen LogP contribution in [0.4, 0.5) is 0 Å². The van der Waals surface area contributed by atoms with Gasteiger partial charge in [-0.05, 0) is 74.1 Å². The Bertz CT molecular complexity index is 1390. The first-order valence-electron chi connectivity index (χ1n) is 13.3. The number of methoxy groups -OCH3 is 2. The summed E-state index contributed by atoms with van der Waals surface area (Å²) in [6, 6.07) is 12.1. The fourth-order valence-corrected chi connectivity index (χ4v) is 3.62. The maximum absolute atomic E-state index is 12.3. The average Bonchev–Trinajstić information content (AvgIpc) is 3.01. The van der Waals surface area contributed by atoms with E-state index in [1.165, 1.54) is 6.92 Å². The quantitative estimate of drug-likeness (QED) is 0.107. The summed E-state index contributed by atoms with van der Waals surface area (Å²) in [5.41, 5.74) is 2.71. The molecule has 0 aliphatic rings. The fourth-order valence-electron chi connectivity index (χ4n) is 3.62. The van der Waals surface area contributed by atoms with Gasteiger partial charge in [0.25, 0.3) is 0 Å². The second-order valence-corrected chi connectivity index (χ2v) is 9.62. The first kappa shape index (κ1) is 34.9. The minimum Gasteiger partial charge on any atom is -0.461 e. The molecule has 0 aromatic heterocycles. The molecule has 0 heterocycles. The summed E-state index contributed by atoms with van der Waals surface area (Å²) in [6.45, 7) is 9.64. The number of aryl methyl sites for hydroxylation is 1. The lowest BCUT2D eigenvalue weighted by Crippen LogP contribution is -2.27. The van der Waals surface area contributed by atoms with Crippen molar-refractivity contribution in [3.8, 4) is 22.6 Å². The third-order valence-electron chi connectivity index (χ3n) is 6.02. The zero-order chi connectivity index (χ0) is 32.8. The van der Waals surface area contributed by atoms with E-state index in [0.29, 0.717) is 36.3 Å². The Morgan fingerprint density at radius 1 is 0.659 bits per heavy atom. The molecule has 44 heavy (non-hydrogen) atoms. The molecular weight excluding hydrogens is 576 g/mol. The smallest absolute Gasteiger partial charge is 0.417 e. The molecule has 12 heteroatoms. The second-order valence-electron chi connectivity index (χ2n) is 9.62. The number of rotatable bonds is 13. The Hall–Kier alpha value is -5.26. The van der Waals surface area contributed by atoms with Gasteiger partial charge in [-0.15, -0.1) is 0 Å². The number of esters is 6. The average molecular weight is 611 g/mol. The van der Waals surface area contributed by atoms with Crippen molar-refractivity contribution in [2.75, 3.05) is 27.4 Å². The minimum absolute atomic E-state index is 0.208. The Labute approximate surface area is 254 Å². The van der Waals surface area contributed by atoms with Gasteiger partial charge in [0.1, 0.15) is 11.5 Å². The van der Waals surface area contributed by atoms with Gasteiger partial charge in [-0.2, -0.15) is 0 Å². The number of hydrogen-bond acceptors (Lipinski definition) is 12. The molecule has 0 saturated heterocycles. The zero-order valence-corrected chi connectivity index (χ0v) is 25.0. The molecule has 0 fully saturated rings. The fraction of sp³-hybridized carbons (Fsp3) is 0.312. The molecule has 2 aromatic carbocycles. The van der Waals surface area contributed by atoms with Crippen LogP contribution in [-0.2, 0) is 54.1 Å². The van der Waals surface area contributed by atoms with Crippen LogP contribution in [0, 0.1) is 5.92 Å². The SMILES string of the molecule is C=C(C)C(=O)Oc1ccc(-c2ccc(OC(=O)C(=C)C)c(CCCC(COC(=O)C(=O)OC)COC(=O)C(=O)OC)c2)cc1. The highest BCUT2D eigenvalue weighted by molar-refractivity contribution is 6.30. The van der Waals surface area contributed by atoms with Crippen molar-refractivity contribution in [2.24, 2.45) is 5.92 Å². The van der Waals surface area contributed by atoms with Crippen LogP contribution in [0.25, 0.3) is 11.1 Å². The van der Waals surface area contributed by atoms with Crippen molar-refractivity contribution in [3.63, 3.8) is 0 Å². The van der Waals surface area contributed by atoms with Crippen LogP contribution in [0.5, 0.6) is 11.5 Å². The maximum atomic E-state index is 12.3. The molecular formula is C32H34O12. The van der Waals surface area contributed by atoms with Crippen molar-refractivity contribution < 1.29 is 57.2 Å². The highest BCUT2D eigenvalue weighted by atomic mass is 16.6. The summed E-state index contributed by atoms with van der Waals surface area (Å²) in [5, 5.41) is 0. The van der Waals surface area contributed by atoms with E-state index in [-0.39, 0.29) is 24.4 Å². The molecule has 0 atom stereocenters. The topological polar surface area (TPSA) is 158 Å². The van der Waals surface area contributed by atoms with E-state index in [0.717, 1.165) is 25.3 Å². The zero-order valence-electron chi connectivity index (χ0n) is 25.0. The lowest BCUT2D eigenvalue weighted by molar-refractivity contribution is -0.169. The summed E-state index contributed by atoms with van der Waals surface area (Å²) >= 11 is 0. The van der Waals surface area contributed by atoms with Gasteiger partial charge >= 0.3 is 35.8 Å². The molecule has 234 valence electrons. The molecule has 0 N–H and O–H groups in total. The summed E-state index contributed by atoms with van der Waals surface area (Å²) in [4.78, 5) is 70.5. The second kappa shape index (κ2) is 17.0. The van der Waals surface area contributed by atoms with Crippen LogP contribution in [0.2, 0.25) is 0 Å². The molecule has 12 nitrogen and oxygen atoms in total. The molecule has 0 radical (unpaired) electrons. The molecule has 2 aromatic rings. The van der Waals surface area contributed by atoms with E-state index >= 15 is 0 Å². The van der Waals surface area contributed by atoms with Crippen molar-refractivity contribution in [2.45, 2.75) is 33.1 Å². The summed E-state index contributed by atoms with van der Waals surface area (Å²) in [7, 11) is 2.05. The molecule has 2 rings (SSSR count). The molecule has 0 aliphatic carbocycles. The highest BCUT2D eigenvalue weighted by Gasteiger charge is 2.22. The number of hydrogen-bond donors (Lipinski definition) is 0. The Kier molecular flexibility index (Phi) is 13.5. The third kappa shape index (κ3) is 10.9. The van der Waals surface area contributed by atoms with E-state index in [4.69, 9.17) is 18.9 Å². The van der Waals surface area contributed by atoms with Crippen LogP contribution in [-0.4, -0.2) is 63.2 Å². The van der Waals surface area contributed by atoms with Gasteiger partial charge in [0.2, 0.25) is 0 Å². The van der Waals surface area contributed by atoms with E-state index in [2.05, 4.69) is 22.6 Å². The molecule has 0 bridgehead atoms.